The SMILES string of the molecule is COC(=O)C1=NN(c2ccccc2)[C@H](C(N)=O)C1. The van der Waals surface area contributed by atoms with E-state index in [0.717, 1.165) is 0 Å². The third-order valence-corrected chi connectivity index (χ3v) is 2.68. The van der Waals surface area contributed by atoms with Crippen molar-refractivity contribution >= 4 is 23.3 Å². The molecule has 0 radical (unpaired) electrons. The molecule has 1 aromatic carbocycles. The number of nitrogens with zero attached hydrogens (tertiary/aromatic N) is 2. The Morgan fingerprint density at radius 3 is 2.61 bits per heavy atom. The maximum absolute atomic E-state index is 11.4. The summed E-state index contributed by atoms with van der Waals surface area (Å²) in [6, 6.07) is 8.42. The molecule has 94 valence electrons. The zero-order valence-electron chi connectivity index (χ0n) is 9.87. The second-order valence-electron chi connectivity index (χ2n) is 3.84. The molecular formula is C12H13N3O3. The standard InChI is InChI=1S/C12H13N3O3/c1-18-12(17)9-7-10(11(13)16)15(14-9)8-5-3-2-4-6-8/h2-6,10H,7H2,1H3,(H2,13,16)/t10-/m0/s1. The predicted molar refractivity (Wildman–Crippen MR) is 66.0 cm³/mol. The van der Waals surface area contributed by atoms with Crippen molar-refractivity contribution in [1.82, 2.24) is 0 Å². The summed E-state index contributed by atoms with van der Waals surface area (Å²) in [5.41, 5.74) is 6.23. The third kappa shape index (κ3) is 2.17. The third-order valence-electron chi connectivity index (χ3n) is 2.68. The Morgan fingerprint density at radius 1 is 1.39 bits per heavy atom. The highest BCUT2D eigenvalue weighted by atomic mass is 16.5. The van der Waals surface area contributed by atoms with Crippen LogP contribution in [0, 0.1) is 0 Å². The fourth-order valence-electron chi connectivity index (χ4n) is 1.79. The second-order valence-corrected chi connectivity index (χ2v) is 3.84. The highest BCUT2D eigenvalue weighted by molar-refractivity contribution is 6.38. The molecule has 6 heteroatoms. The highest BCUT2D eigenvalue weighted by Crippen LogP contribution is 2.24. The molecule has 2 N–H and O–H groups in total. The molecule has 6 nitrogen and oxygen atoms in total. The number of primary amides is 1. The largest absolute Gasteiger partial charge is 0.464 e. The molecule has 18 heavy (non-hydrogen) atoms. The summed E-state index contributed by atoms with van der Waals surface area (Å²) in [6.45, 7) is 0. The van der Waals surface area contributed by atoms with Crippen LogP contribution in [-0.2, 0) is 14.3 Å². The van der Waals surface area contributed by atoms with Gasteiger partial charge in [0.1, 0.15) is 11.8 Å². The van der Waals surface area contributed by atoms with E-state index in [1.807, 2.05) is 18.2 Å². The summed E-state index contributed by atoms with van der Waals surface area (Å²) >= 11 is 0. The number of rotatable bonds is 3. The van der Waals surface area contributed by atoms with Gasteiger partial charge >= 0.3 is 5.97 Å². The van der Waals surface area contributed by atoms with Gasteiger partial charge in [0.25, 0.3) is 0 Å². The van der Waals surface area contributed by atoms with Gasteiger partial charge in [-0.3, -0.25) is 9.80 Å². The summed E-state index contributed by atoms with van der Waals surface area (Å²) in [4.78, 5) is 22.8. The van der Waals surface area contributed by atoms with E-state index in [9.17, 15) is 9.59 Å². The van der Waals surface area contributed by atoms with Crippen molar-refractivity contribution in [3.8, 4) is 0 Å². The minimum absolute atomic E-state index is 0.164. The van der Waals surface area contributed by atoms with Crippen molar-refractivity contribution in [2.24, 2.45) is 10.8 Å². The first-order chi connectivity index (χ1) is 8.63. The van der Waals surface area contributed by atoms with Gasteiger partial charge in [0.2, 0.25) is 5.91 Å². The van der Waals surface area contributed by atoms with Crippen molar-refractivity contribution in [1.29, 1.82) is 0 Å². The van der Waals surface area contributed by atoms with Crippen LogP contribution >= 0.6 is 0 Å². The molecule has 1 heterocycles. The first-order valence-electron chi connectivity index (χ1n) is 5.43. The van der Waals surface area contributed by atoms with Crippen molar-refractivity contribution in [2.45, 2.75) is 12.5 Å². The molecule has 1 aliphatic heterocycles. The lowest BCUT2D eigenvalue weighted by Crippen LogP contribution is -2.39. The fourth-order valence-corrected chi connectivity index (χ4v) is 1.79. The Hall–Kier alpha value is -2.37. The van der Waals surface area contributed by atoms with E-state index < -0.39 is 17.9 Å². The van der Waals surface area contributed by atoms with E-state index in [4.69, 9.17) is 5.73 Å². The van der Waals surface area contributed by atoms with Gasteiger partial charge in [0.15, 0.2) is 0 Å². The number of ether oxygens (including phenoxy) is 1. The quantitative estimate of drug-likeness (QED) is 0.777. The lowest BCUT2D eigenvalue weighted by molar-refractivity contribution is -0.132. The lowest BCUT2D eigenvalue weighted by atomic mass is 10.1. The first-order valence-corrected chi connectivity index (χ1v) is 5.43. The first kappa shape index (κ1) is 12.1. The minimum Gasteiger partial charge on any atom is -0.464 e. The molecule has 0 aliphatic carbocycles. The van der Waals surface area contributed by atoms with E-state index in [2.05, 4.69) is 9.84 Å². The number of anilines is 1. The van der Waals surface area contributed by atoms with Crippen LogP contribution in [0.25, 0.3) is 0 Å². The molecule has 0 saturated heterocycles. The molecule has 1 aliphatic rings. The van der Waals surface area contributed by atoms with Gasteiger partial charge in [-0.05, 0) is 12.1 Å². The van der Waals surface area contributed by atoms with Gasteiger partial charge in [-0.2, -0.15) is 5.10 Å². The van der Waals surface area contributed by atoms with Gasteiger partial charge in [-0.25, -0.2) is 4.79 Å². The summed E-state index contributed by atoms with van der Waals surface area (Å²) < 4.78 is 4.60. The number of methoxy groups -OCH3 is 1. The number of hydrogen-bond donors (Lipinski definition) is 1. The van der Waals surface area contributed by atoms with Crippen molar-refractivity contribution in [3.05, 3.63) is 30.3 Å². The van der Waals surface area contributed by atoms with Gasteiger partial charge < -0.3 is 10.5 Å². The van der Waals surface area contributed by atoms with Crippen molar-refractivity contribution < 1.29 is 14.3 Å². The average molecular weight is 247 g/mol. The Labute approximate surface area is 104 Å². The zero-order chi connectivity index (χ0) is 13.1. The summed E-state index contributed by atoms with van der Waals surface area (Å²) in [7, 11) is 1.27. The van der Waals surface area contributed by atoms with Crippen LogP contribution in [0.4, 0.5) is 5.69 Å². The van der Waals surface area contributed by atoms with Gasteiger partial charge in [0.05, 0.1) is 12.8 Å². The topological polar surface area (TPSA) is 85.0 Å². The van der Waals surface area contributed by atoms with Crippen LogP contribution in [0.5, 0.6) is 0 Å². The van der Waals surface area contributed by atoms with Crippen LogP contribution in [-0.4, -0.2) is 30.7 Å². The Bertz CT molecular complexity index is 499. The van der Waals surface area contributed by atoms with Crippen LogP contribution < -0.4 is 10.7 Å². The maximum atomic E-state index is 11.4. The molecule has 0 aromatic heterocycles. The molecule has 1 amide bonds. The second kappa shape index (κ2) is 4.87. The summed E-state index contributed by atoms with van der Waals surface area (Å²) in [5.74, 6) is -1.07. The van der Waals surface area contributed by atoms with E-state index in [1.54, 1.807) is 12.1 Å². The lowest BCUT2D eigenvalue weighted by Gasteiger charge is -2.20. The van der Waals surface area contributed by atoms with Crippen LogP contribution in [0.1, 0.15) is 6.42 Å². The highest BCUT2D eigenvalue weighted by Gasteiger charge is 2.35. The van der Waals surface area contributed by atoms with Crippen molar-refractivity contribution in [2.75, 3.05) is 12.1 Å². The number of benzene rings is 1. The number of carbonyl (C=O) groups excluding carboxylic acids is 2. The number of carbonyl (C=O) groups is 2. The smallest absolute Gasteiger partial charge is 0.354 e. The fraction of sp³-hybridized carbons (Fsp3) is 0.250. The normalized spacial score (nSPS) is 18.4. The Balaban J connectivity index is 2.33. The number of amides is 1. The van der Waals surface area contributed by atoms with E-state index in [0.29, 0.717) is 5.69 Å². The molecule has 0 unspecified atom stereocenters. The minimum atomic E-state index is -0.651. The zero-order valence-corrected chi connectivity index (χ0v) is 9.87. The molecule has 0 spiro atoms. The Morgan fingerprint density at radius 2 is 2.06 bits per heavy atom. The maximum Gasteiger partial charge on any atom is 0.354 e. The predicted octanol–water partition coefficient (Wildman–Crippen LogP) is 0.280. The van der Waals surface area contributed by atoms with Gasteiger partial charge in [0, 0.05) is 6.42 Å². The van der Waals surface area contributed by atoms with Gasteiger partial charge in [-0.1, -0.05) is 18.2 Å². The van der Waals surface area contributed by atoms with Crippen molar-refractivity contribution in [3.63, 3.8) is 0 Å². The molecule has 1 atom stereocenters. The molecule has 2 rings (SSSR count). The van der Waals surface area contributed by atoms with Crippen LogP contribution in [0.15, 0.2) is 35.4 Å². The molecule has 0 saturated carbocycles. The number of hydrazone groups is 1. The average Bonchev–Trinajstić information content (AvgIpc) is 2.84. The molecule has 0 bridgehead atoms. The van der Waals surface area contributed by atoms with E-state index in [-0.39, 0.29) is 12.1 Å². The molecule has 1 aromatic rings. The number of esters is 1. The van der Waals surface area contributed by atoms with Gasteiger partial charge in [-0.15, -0.1) is 0 Å². The Kier molecular flexibility index (Phi) is 3.27. The number of para-hydroxylation sites is 1. The van der Waals surface area contributed by atoms with E-state index >= 15 is 0 Å². The molecule has 0 fully saturated rings. The van der Waals surface area contributed by atoms with Crippen LogP contribution in [0.2, 0.25) is 0 Å². The van der Waals surface area contributed by atoms with E-state index in [1.165, 1.54) is 12.1 Å². The number of nitrogens with two attached hydrogens (primary N) is 1. The number of hydrogen-bond acceptors (Lipinski definition) is 5. The summed E-state index contributed by atoms with van der Waals surface area (Å²) in [5, 5.41) is 5.56. The summed E-state index contributed by atoms with van der Waals surface area (Å²) in [6.07, 6.45) is 0.164. The molecular weight excluding hydrogens is 234 g/mol. The van der Waals surface area contributed by atoms with Crippen LogP contribution in [0.3, 0.4) is 0 Å². The monoisotopic (exact) mass is 247 g/mol.